The van der Waals surface area contributed by atoms with Crippen molar-refractivity contribution in [2.24, 2.45) is 0 Å². The smallest absolute Gasteiger partial charge is 0.336 e. The van der Waals surface area contributed by atoms with Crippen molar-refractivity contribution < 1.29 is 9.90 Å². The van der Waals surface area contributed by atoms with Crippen LogP contribution in [0, 0.1) is 6.92 Å². The zero-order valence-corrected chi connectivity index (χ0v) is 18.7. The molecule has 0 amide bonds. The molecule has 1 fully saturated rings. The molecule has 1 atom stereocenters. The fraction of sp³-hybridized carbons (Fsp3) is 0.333. The van der Waals surface area contributed by atoms with Gasteiger partial charge in [-0.1, -0.05) is 18.2 Å². The lowest BCUT2D eigenvalue weighted by atomic mass is 9.93. The Kier molecular flexibility index (Phi) is 5.43. The number of carboxylic acids is 1. The van der Waals surface area contributed by atoms with Crippen molar-refractivity contribution in [2.75, 3.05) is 25.0 Å². The second kappa shape index (κ2) is 8.40. The Bertz CT molecular complexity index is 1170. The number of benzene rings is 2. The number of hydrogen-bond acceptors (Lipinski definition) is 4. The number of carboxylic acid groups (broad SMARTS) is 1. The zero-order chi connectivity index (χ0) is 22.2. The van der Waals surface area contributed by atoms with E-state index in [-0.39, 0.29) is 6.04 Å². The first-order valence-corrected chi connectivity index (χ1v) is 11.4. The summed E-state index contributed by atoms with van der Waals surface area (Å²) in [6, 6.07) is 15.5. The first kappa shape index (κ1) is 20.7. The van der Waals surface area contributed by atoms with Crippen LogP contribution in [0.2, 0.25) is 0 Å². The molecular weight excluding hydrogens is 398 g/mol. The minimum Gasteiger partial charge on any atom is -0.478 e. The number of aryl methyl sites for hydroxylation is 2. The largest absolute Gasteiger partial charge is 0.478 e. The molecule has 0 saturated carbocycles. The lowest BCUT2D eigenvalue weighted by Crippen LogP contribution is -2.36. The van der Waals surface area contributed by atoms with Crippen molar-refractivity contribution >= 4 is 11.7 Å². The van der Waals surface area contributed by atoms with Gasteiger partial charge in [-0.3, -0.25) is 9.88 Å². The van der Waals surface area contributed by atoms with E-state index in [0.717, 1.165) is 18.5 Å². The van der Waals surface area contributed by atoms with E-state index in [1.807, 2.05) is 0 Å². The minimum absolute atomic E-state index is 0.288. The van der Waals surface area contributed by atoms with Crippen LogP contribution in [0.5, 0.6) is 0 Å². The normalized spacial score (nSPS) is 17.8. The first-order chi connectivity index (χ1) is 15.5. The van der Waals surface area contributed by atoms with E-state index >= 15 is 0 Å². The van der Waals surface area contributed by atoms with E-state index in [0.29, 0.717) is 12.0 Å². The number of hydrogen-bond donors (Lipinski definition) is 1. The van der Waals surface area contributed by atoms with Gasteiger partial charge in [0.25, 0.3) is 0 Å². The lowest BCUT2D eigenvalue weighted by molar-refractivity contribution is 0.0695. The Labute approximate surface area is 189 Å². The number of fused-ring (bicyclic) bond motifs is 1. The van der Waals surface area contributed by atoms with Gasteiger partial charge in [0.15, 0.2) is 0 Å². The van der Waals surface area contributed by atoms with E-state index in [2.05, 4.69) is 65.2 Å². The zero-order valence-electron chi connectivity index (χ0n) is 18.7. The van der Waals surface area contributed by atoms with Crippen molar-refractivity contribution in [1.29, 1.82) is 0 Å². The maximum atomic E-state index is 11.5. The summed E-state index contributed by atoms with van der Waals surface area (Å²) in [6.07, 6.45) is 6.10. The summed E-state index contributed by atoms with van der Waals surface area (Å²) in [5.41, 5.74) is 9.09. The average Bonchev–Trinajstić information content (AvgIpc) is 3.05. The molecule has 1 saturated heterocycles. The molecule has 2 aliphatic rings. The number of aromatic carboxylic acids is 1. The molecule has 32 heavy (non-hydrogen) atoms. The SMILES string of the molecule is Cc1cc(N2CCC2)ccc1-c1ccc2c(c1)CN(C)[C@@H]2CCc1cnccc1C(=O)O. The highest BCUT2D eigenvalue weighted by Gasteiger charge is 2.28. The monoisotopic (exact) mass is 427 g/mol. The molecule has 1 N–H and O–H groups in total. The second-order valence-electron chi connectivity index (χ2n) is 9.06. The summed E-state index contributed by atoms with van der Waals surface area (Å²) in [4.78, 5) is 20.4. The van der Waals surface area contributed by atoms with Crippen LogP contribution >= 0.6 is 0 Å². The Hall–Kier alpha value is -3.18. The van der Waals surface area contributed by atoms with Crippen LogP contribution in [-0.2, 0) is 13.0 Å². The van der Waals surface area contributed by atoms with E-state index in [9.17, 15) is 9.90 Å². The molecule has 0 bridgehead atoms. The third-order valence-corrected chi connectivity index (χ3v) is 7.02. The summed E-state index contributed by atoms with van der Waals surface area (Å²) in [6.45, 7) is 5.45. The fourth-order valence-corrected chi connectivity index (χ4v) is 5.10. The van der Waals surface area contributed by atoms with Gasteiger partial charge in [-0.15, -0.1) is 0 Å². The highest BCUT2D eigenvalue weighted by molar-refractivity contribution is 5.89. The summed E-state index contributed by atoms with van der Waals surface area (Å²) >= 11 is 0. The van der Waals surface area contributed by atoms with Crippen LogP contribution in [-0.4, -0.2) is 41.1 Å². The Morgan fingerprint density at radius 3 is 2.72 bits per heavy atom. The van der Waals surface area contributed by atoms with Crippen LogP contribution in [0.4, 0.5) is 5.69 Å². The molecule has 5 rings (SSSR count). The third-order valence-electron chi connectivity index (χ3n) is 7.02. The first-order valence-electron chi connectivity index (χ1n) is 11.4. The van der Waals surface area contributed by atoms with Gasteiger partial charge in [-0.05, 0) is 90.9 Å². The maximum absolute atomic E-state index is 11.5. The third kappa shape index (κ3) is 3.78. The molecule has 0 aliphatic carbocycles. The van der Waals surface area contributed by atoms with Crippen LogP contribution in [0.1, 0.15) is 51.5 Å². The van der Waals surface area contributed by atoms with E-state index in [1.165, 1.54) is 53.0 Å². The molecule has 5 nitrogen and oxygen atoms in total. The molecule has 2 aliphatic heterocycles. The number of anilines is 1. The summed E-state index contributed by atoms with van der Waals surface area (Å²) in [5, 5.41) is 9.45. The van der Waals surface area contributed by atoms with Crippen LogP contribution in [0.25, 0.3) is 11.1 Å². The van der Waals surface area contributed by atoms with E-state index in [1.54, 1.807) is 18.5 Å². The van der Waals surface area contributed by atoms with Crippen molar-refractivity contribution in [3.63, 3.8) is 0 Å². The molecule has 0 radical (unpaired) electrons. The minimum atomic E-state index is -0.886. The van der Waals surface area contributed by atoms with Gasteiger partial charge >= 0.3 is 5.97 Å². The van der Waals surface area contributed by atoms with Crippen molar-refractivity contribution in [2.45, 2.75) is 38.8 Å². The average molecular weight is 428 g/mol. The predicted octanol–water partition coefficient (Wildman–Crippen LogP) is 5.08. The quantitative estimate of drug-likeness (QED) is 0.594. The Morgan fingerprint density at radius 2 is 2.00 bits per heavy atom. The molecule has 164 valence electrons. The van der Waals surface area contributed by atoms with Crippen LogP contribution in [0.3, 0.4) is 0 Å². The molecular formula is C27H29N3O2. The number of pyridine rings is 1. The molecule has 5 heteroatoms. The fourth-order valence-electron chi connectivity index (χ4n) is 5.10. The highest BCUT2D eigenvalue weighted by Crippen LogP contribution is 2.39. The van der Waals surface area contributed by atoms with Gasteiger partial charge in [0.05, 0.1) is 5.56 Å². The molecule has 0 unspecified atom stereocenters. The van der Waals surface area contributed by atoms with Crippen LogP contribution < -0.4 is 4.90 Å². The number of nitrogens with zero attached hydrogens (tertiary/aromatic N) is 3. The highest BCUT2D eigenvalue weighted by atomic mass is 16.4. The Morgan fingerprint density at radius 1 is 1.16 bits per heavy atom. The van der Waals surface area contributed by atoms with Gasteiger partial charge < -0.3 is 10.0 Å². The topological polar surface area (TPSA) is 56.7 Å². The van der Waals surface area contributed by atoms with Gasteiger partial charge in [0.2, 0.25) is 0 Å². The second-order valence-corrected chi connectivity index (χ2v) is 9.06. The maximum Gasteiger partial charge on any atom is 0.336 e. The molecule has 0 spiro atoms. The molecule has 1 aromatic heterocycles. The van der Waals surface area contributed by atoms with E-state index < -0.39 is 5.97 Å². The number of carbonyl (C=O) groups is 1. The number of aromatic nitrogens is 1. The van der Waals surface area contributed by atoms with Crippen molar-refractivity contribution in [3.8, 4) is 11.1 Å². The van der Waals surface area contributed by atoms with Gasteiger partial charge in [-0.2, -0.15) is 0 Å². The van der Waals surface area contributed by atoms with Gasteiger partial charge in [0.1, 0.15) is 0 Å². The summed E-state index contributed by atoms with van der Waals surface area (Å²) in [7, 11) is 2.15. The standard InChI is InChI=1S/C27H29N3O2/c1-18-14-22(30-12-3-13-30)6-8-23(18)19-4-7-24-21(15-19)17-29(2)26(24)9-5-20-16-28-11-10-25(20)27(31)32/h4,6-8,10-11,14-16,26H,3,5,9,12-13,17H2,1-2H3,(H,31,32)/t26-/m1/s1. The molecule has 2 aromatic carbocycles. The van der Waals surface area contributed by atoms with Crippen LogP contribution in [0.15, 0.2) is 54.9 Å². The predicted molar refractivity (Wildman–Crippen MR) is 127 cm³/mol. The van der Waals surface area contributed by atoms with Gasteiger partial charge in [0, 0.05) is 43.8 Å². The summed E-state index contributed by atoms with van der Waals surface area (Å²) < 4.78 is 0. The van der Waals surface area contributed by atoms with E-state index in [4.69, 9.17) is 0 Å². The molecule has 3 heterocycles. The molecule has 3 aromatic rings. The number of rotatable bonds is 6. The van der Waals surface area contributed by atoms with Gasteiger partial charge in [-0.25, -0.2) is 4.79 Å². The summed E-state index contributed by atoms with van der Waals surface area (Å²) in [5.74, 6) is -0.886. The van der Waals surface area contributed by atoms with Crippen molar-refractivity contribution in [3.05, 3.63) is 82.7 Å². The Balaban J connectivity index is 1.36. The lowest BCUT2D eigenvalue weighted by Gasteiger charge is -2.33. The van der Waals surface area contributed by atoms with Crippen molar-refractivity contribution in [1.82, 2.24) is 9.88 Å².